The second-order valence-electron chi connectivity index (χ2n) is 5.30. The molecule has 0 unspecified atom stereocenters. The van der Waals surface area contributed by atoms with E-state index in [0.717, 1.165) is 11.4 Å². The Morgan fingerprint density at radius 1 is 1.25 bits per heavy atom. The van der Waals surface area contributed by atoms with Crippen LogP contribution in [0.15, 0.2) is 30.3 Å². The summed E-state index contributed by atoms with van der Waals surface area (Å²) >= 11 is 0. The molecule has 1 aliphatic carbocycles. The van der Waals surface area contributed by atoms with E-state index in [2.05, 4.69) is 9.97 Å². The SMILES string of the molecule is Cc1cc(C2CCC2)nc(-c2ccccc2C(N)=O)n1. The van der Waals surface area contributed by atoms with Gasteiger partial charge in [0, 0.05) is 22.9 Å². The highest BCUT2D eigenvalue weighted by Gasteiger charge is 2.22. The molecule has 0 spiro atoms. The van der Waals surface area contributed by atoms with Crippen LogP contribution in [0.25, 0.3) is 11.4 Å². The number of aromatic nitrogens is 2. The molecule has 0 aliphatic heterocycles. The number of aryl methyl sites for hydroxylation is 1. The highest BCUT2D eigenvalue weighted by molar-refractivity contribution is 5.98. The molecule has 0 bridgehead atoms. The van der Waals surface area contributed by atoms with Crippen molar-refractivity contribution < 1.29 is 4.79 Å². The Morgan fingerprint density at radius 3 is 2.65 bits per heavy atom. The van der Waals surface area contributed by atoms with E-state index in [9.17, 15) is 4.79 Å². The maximum Gasteiger partial charge on any atom is 0.249 e. The molecule has 1 aromatic carbocycles. The Balaban J connectivity index is 2.10. The van der Waals surface area contributed by atoms with Crippen LogP contribution in [-0.2, 0) is 0 Å². The fourth-order valence-corrected chi connectivity index (χ4v) is 2.52. The lowest BCUT2D eigenvalue weighted by atomic mass is 9.82. The van der Waals surface area contributed by atoms with E-state index in [1.165, 1.54) is 19.3 Å². The summed E-state index contributed by atoms with van der Waals surface area (Å²) in [4.78, 5) is 20.7. The number of nitrogens with zero attached hydrogens (tertiary/aromatic N) is 2. The summed E-state index contributed by atoms with van der Waals surface area (Å²) in [5.41, 5.74) is 8.62. The molecular weight excluding hydrogens is 250 g/mol. The zero-order chi connectivity index (χ0) is 14.1. The van der Waals surface area contributed by atoms with E-state index in [-0.39, 0.29) is 0 Å². The van der Waals surface area contributed by atoms with Crippen molar-refractivity contribution in [1.29, 1.82) is 0 Å². The normalized spacial score (nSPS) is 14.8. The summed E-state index contributed by atoms with van der Waals surface area (Å²) in [6.45, 7) is 1.96. The van der Waals surface area contributed by atoms with Gasteiger partial charge in [-0.25, -0.2) is 9.97 Å². The Kier molecular flexibility index (Phi) is 3.22. The lowest BCUT2D eigenvalue weighted by molar-refractivity contribution is 0.100. The fraction of sp³-hybridized carbons (Fsp3) is 0.312. The first-order valence-electron chi connectivity index (χ1n) is 6.90. The van der Waals surface area contributed by atoms with Crippen LogP contribution in [0.4, 0.5) is 0 Å². The topological polar surface area (TPSA) is 68.9 Å². The number of carbonyl (C=O) groups excluding carboxylic acids is 1. The van der Waals surface area contributed by atoms with E-state index in [4.69, 9.17) is 5.73 Å². The average Bonchev–Trinajstić information content (AvgIpc) is 2.36. The van der Waals surface area contributed by atoms with Gasteiger partial charge in [-0.1, -0.05) is 24.6 Å². The zero-order valence-electron chi connectivity index (χ0n) is 11.5. The molecule has 20 heavy (non-hydrogen) atoms. The Morgan fingerprint density at radius 2 is 2.00 bits per heavy atom. The van der Waals surface area contributed by atoms with E-state index in [0.29, 0.717) is 22.9 Å². The minimum atomic E-state index is -0.448. The molecule has 102 valence electrons. The monoisotopic (exact) mass is 267 g/mol. The van der Waals surface area contributed by atoms with Gasteiger partial charge in [-0.15, -0.1) is 0 Å². The highest BCUT2D eigenvalue weighted by atomic mass is 16.1. The van der Waals surface area contributed by atoms with Crippen LogP contribution < -0.4 is 5.73 Å². The quantitative estimate of drug-likeness (QED) is 0.929. The molecule has 1 fully saturated rings. The molecule has 1 heterocycles. The molecule has 1 saturated carbocycles. The van der Waals surface area contributed by atoms with Crippen LogP contribution >= 0.6 is 0 Å². The van der Waals surface area contributed by atoms with Gasteiger partial charge in [0.05, 0.1) is 5.56 Å². The molecule has 2 aromatic rings. The zero-order valence-corrected chi connectivity index (χ0v) is 11.5. The lowest BCUT2D eigenvalue weighted by Crippen LogP contribution is -2.15. The minimum Gasteiger partial charge on any atom is -0.366 e. The van der Waals surface area contributed by atoms with Gasteiger partial charge in [-0.05, 0) is 31.9 Å². The first-order valence-corrected chi connectivity index (χ1v) is 6.90. The third-order valence-corrected chi connectivity index (χ3v) is 3.83. The number of amides is 1. The molecule has 1 aliphatic rings. The molecule has 4 heteroatoms. The molecular formula is C16H17N3O. The molecule has 4 nitrogen and oxygen atoms in total. The number of hydrogen-bond acceptors (Lipinski definition) is 3. The first-order chi connectivity index (χ1) is 9.65. The van der Waals surface area contributed by atoms with Crippen molar-refractivity contribution >= 4 is 5.91 Å². The van der Waals surface area contributed by atoms with Gasteiger partial charge in [0.2, 0.25) is 5.91 Å². The summed E-state index contributed by atoms with van der Waals surface area (Å²) in [6, 6.07) is 9.27. The van der Waals surface area contributed by atoms with Crippen molar-refractivity contribution in [2.24, 2.45) is 5.73 Å². The summed E-state index contributed by atoms with van der Waals surface area (Å²) in [5, 5.41) is 0. The van der Waals surface area contributed by atoms with Crippen LogP contribution in [0.3, 0.4) is 0 Å². The number of nitrogens with two attached hydrogens (primary N) is 1. The second-order valence-corrected chi connectivity index (χ2v) is 5.30. The van der Waals surface area contributed by atoms with Crippen LogP contribution in [0.1, 0.15) is 46.9 Å². The van der Waals surface area contributed by atoms with Crippen molar-refractivity contribution in [2.75, 3.05) is 0 Å². The fourth-order valence-electron chi connectivity index (χ4n) is 2.52. The number of rotatable bonds is 3. The van der Waals surface area contributed by atoms with Gasteiger partial charge < -0.3 is 5.73 Å². The number of primary amides is 1. The summed E-state index contributed by atoms with van der Waals surface area (Å²) in [7, 11) is 0. The van der Waals surface area contributed by atoms with Gasteiger partial charge >= 0.3 is 0 Å². The second kappa shape index (κ2) is 5.04. The van der Waals surface area contributed by atoms with Crippen molar-refractivity contribution in [3.8, 4) is 11.4 Å². The van der Waals surface area contributed by atoms with Gasteiger partial charge in [0.25, 0.3) is 0 Å². The van der Waals surface area contributed by atoms with Crippen LogP contribution in [-0.4, -0.2) is 15.9 Å². The van der Waals surface area contributed by atoms with Gasteiger partial charge in [0.1, 0.15) is 0 Å². The minimum absolute atomic E-state index is 0.448. The third kappa shape index (κ3) is 2.29. The molecule has 2 N–H and O–H groups in total. The molecule has 1 aromatic heterocycles. The summed E-state index contributed by atoms with van der Waals surface area (Å²) < 4.78 is 0. The van der Waals surface area contributed by atoms with Crippen molar-refractivity contribution in [1.82, 2.24) is 9.97 Å². The number of hydrogen-bond donors (Lipinski definition) is 1. The molecule has 0 radical (unpaired) electrons. The van der Waals surface area contributed by atoms with Crippen molar-refractivity contribution in [2.45, 2.75) is 32.1 Å². The van der Waals surface area contributed by atoms with Crippen LogP contribution in [0, 0.1) is 6.92 Å². The van der Waals surface area contributed by atoms with Gasteiger partial charge in [-0.3, -0.25) is 4.79 Å². The summed E-state index contributed by atoms with van der Waals surface area (Å²) in [5.74, 6) is 0.688. The molecule has 0 atom stereocenters. The first kappa shape index (κ1) is 12.8. The highest BCUT2D eigenvalue weighted by Crippen LogP contribution is 2.36. The van der Waals surface area contributed by atoms with Gasteiger partial charge in [0.15, 0.2) is 5.82 Å². The van der Waals surface area contributed by atoms with E-state index >= 15 is 0 Å². The predicted octanol–water partition coefficient (Wildman–Crippen LogP) is 2.82. The molecule has 1 amide bonds. The van der Waals surface area contributed by atoms with Crippen molar-refractivity contribution in [3.63, 3.8) is 0 Å². The standard InChI is InChI=1S/C16H17N3O/c1-10-9-14(11-5-4-6-11)19-16(18-10)13-8-3-2-7-12(13)15(17)20/h2-3,7-9,11H,4-6H2,1H3,(H2,17,20). The Hall–Kier alpha value is -2.23. The largest absolute Gasteiger partial charge is 0.366 e. The number of carbonyl (C=O) groups is 1. The Labute approximate surface area is 118 Å². The number of benzene rings is 1. The van der Waals surface area contributed by atoms with E-state index in [1.807, 2.05) is 25.1 Å². The third-order valence-electron chi connectivity index (χ3n) is 3.83. The van der Waals surface area contributed by atoms with E-state index in [1.54, 1.807) is 12.1 Å². The predicted molar refractivity (Wildman–Crippen MR) is 77.3 cm³/mol. The average molecular weight is 267 g/mol. The van der Waals surface area contributed by atoms with Gasteiger partial charge in [-0.2, -0.15) is 0 Å². The summed E-state index contributed by atoms with van der Waals surface area (Å²) in [6.07, 6.45) is 3.64. The maximum atomic E-state index is 11.5. The Bertz CT molecular complexity index is 663. The lowest BCUT2D eigenvalue weighted by Gasteiger charge is -2.25. The van der Waals surface area contributed by atoms with Crippen LogP contribution in [0.5, 0.6) is 0 Å². The smallest absolute Gasteiger partial charge is 0.249 e. The molecule has 0 saturated heterocycles. The van der Waals surface area contributed by atoms with Crippen molar-refractivity contribution in [3.05, 3.63) is 47.3 Å². The van der Waals surface area contributed by atoms with E-state index < -0.39 is 5.91 Å². The molecule has 3 rings (SSSR count). The maximum absolute atomic E-state index is 11.5. The van der Waals surface area contributed by atoms with Crippen LogP contribution in [0.2, 0.25) is 0 Å².